The smallest absolute Gasteiger partial charge is 0.0934 e. The summed E-state index contributed by atoms with van der Waals surface area (Å²) >= 11 is 0. The SMILES string of the molecule is CC.CCC(C)C(=N)N. The zero-order valence-corrected chi connectivity index (χ0v) is 6.86. The first-order valence-electron chi connectivity index (χ1n) is 3.52. The van der Waals surface area contributed by atoms with Crippen LogP contribution in [0.15, 0.2) is 0 Å². The van der Waals surface area contributed by atoms with E-state index in [1.54, 1.807) is 0 Å². The molecule has 0 aliphatic carbocycles. The molecule has 0 amide bonds. The first-order chi connectivity index (χ1) is 4.18. The largest absolute Gasteiger partial charge is 0.387 e. The number of rotatable bonds is 2. The van der Waals surface area contributed by atoms with Crippen LogP contribution in [0.25, 0.3) is 0 Å². The zero-order chi connectivity index (χ0) is 7.86. The lowest BCUT2D eigenvalue weighted by atomic mass is 10.1. The molecule has 3 N–H and O–H groups in total. The van der Waals surface area contributed by atoms with Crippen LogP contribution in [-0.4, -0.2) is 5.84 Å². The summed E-state index contributed by atoms with van der Waals surface area (Å²) in [6.45, 7) is 7.97. The maximum absolute atomic E-state index is 6.88. The molecule has 0 saturated heterocycles. The van der Waals surface area contributed by atoms with Gasteiger partial charge in [0.25, 0.3) is 0 Å². The van der Waals surface area contributed by atoms with E-state index in [2.05, 4.69) is 0 Å². The van der Waals surface area contributed by atoms with Crippen molar-refractivity contribution < 1.29 is 0 Å². The minimum absolute atomic E-state index is 0.264. The van der Waals surface area contributed by atoms with Crippen molar-refractivity contribution >= 4 is 5.84 Å². The van der Waals surface area contributed by atoms with Gasteiger partial charge in [-0.15, -0.1) is 0 Å². The number of amidine groups is 1. The maximum atomic E-state index is 6.88. The number of hydrogen-bond donors (Lipinski definition) is 2. The van der Waals surface area contributed by atoms with Gasteiger partial charge in [0.1, 0.15) is 0 Å². The molecule has 9 heavy (non-hydrogen) atoms. The Hall–Kier alpha value is -0.530. The van der Waals surface area contributed by atoms with Crippen molar-refractivity contribution in [2.75, 3.05) is 0 Å². The van der Waals surface area contributed by atoms with Gasteiger partial charge < -0.3 is 5.73 Å². The van der Waals surface area contributed by atoms with Gasteiger partial charge in [-0.25, -0.2) is 0 Å². The Labute approximate surface area is 58.0 Å². The molecule has 0 aromatic rings. The Balaban J connectivity index is 0. The van der Waals surface area contributed by atoms with Gasteiger partial charge in [-0.1, -0.05) is 27.7 Å². The van der Waals surface area contributed by atoms with Gasteiger partial charge in [-0.2, -0.15) is 0 Å². The van der Waals surface area contributed by atoms with E-state index < -0.39 is 0 Å². The summed E-state index contributed by atoms with van der Waals surface area (Å²) < 4.78 is 0. The Morgan fingerprint density at radius 3 is 1.89 bits per heavy atom. The van der Waals surface area contributed by atoms with Crippen LogP contribution in [0.4, 0.5) is 0 Å². The van der Waals surface area contributed by atoms with Gasteiger partial charge in [-0.05, 0) is 6.42 Å². The van der Waals surface area contributed by atoms with Crippen molar-refractivity contribution in [1.82, 2.24) is 0 Å². The average Bonchev–Trinajstić information content (AvgIpc) is 1.91. The van der Waals surface area contributed by atoms with Gasteiger partial charge in [0.15, 0.2) is 0 Å². The lowest BCUT2D eigenvalue weighted by Crippen LogP contribution is -2.18. The molecule has 0 bridgehead atoms. The Morgan fingerprint density at radius 2 is 1.89 bits per heavy atom. The van der Waals surface area contributed by atoms with Crippen LogP contribution >= 0.6 is 0 Å². The van der Waals surface area contributed by atoms with Crippen molar-refractivity contribution in [2.45, 2.75) is 34.1 Å². The van der Waals surface area contributed by atoms with Crippen LogP contribution in [0.2, 0.25) is 0 Å². The second kappa shape index (κ2) is 7.47. The maximum Gasteiger partial charge on any atom is 0.0934 e. The summed E-state index contributed by atoms with van der Waals surface area (Å²) in [6, 6.07) is 0. The molecule has 1 unspecified atom stereocenters. The second-order valence-electron chi connectivity index (χ2n) is 1.76. The molecule has 0 spiro atoms. The van der Waals surface area contributed by atoms with E-state index in [4.69, 9.17) is 11.1 Å². The highest BCUT2D eigenvalue weighted by molar-refractivity contribution is 5.79. The monoisotopic (exact) mass is 130 g/mol. The molecule has 0 rings (SSSR count). The van der Waals surface area contributed by atoms with Crippen LogP contribution in [0.1, 0.15) is 34.1 Å². The molecule has 2 heteroatoms. The van der Waals surface area contributed by atoms with Crippen LogP contribution in [0.5, 0.6) is 0 Å². The third kappa shape index (κ3) is 7.47. The van der Waals surface area contributed by atoms with Crippen molar-refractivity contribution in [3.63, 3.8) is 0 Å². The van der Waals surface area contributed by atoms with E-state index in [0.29, 0.717) is 5.84 Å². The Morgan fingerprint density at radius 1 is 1.56 bits per heavy atom. The third-order valence-electron chi connectivity index (χ3n) is 1.14. The van der Waals surface area contributed by atoms with Gasteiger partial charge in [0, 0.05) is 5.92 Å². The van der Waals surface area contributed by atoms with E-state index >= 15 is 0 Å². The molecule has 0 radical (unpaired) electrons. The molecule has 0 fully saturated rings. The molecule has 56 valence electrons. The summed E-state index contributed by atoms with van der Waals surface area (Å²) in [5.41, 5.74) is 5.13. The minimum atomic E-state index is 0.264. The third-order valence-corrected chi connectivity index (χ3v) is 1.14. The first kappa shape index (κ1) is 11.3. The Bertz CT molecular complexity index is 69.3. The van der Waals surface area contributed by atoms with Crippen LogP contribution in [0, 0.1) is 11.3 Å². The summed E-state index contributed by atoms with van der Waals surface area (Å²) in [6.07, 6.45) is 0.968. The molecule has 0 saturated carbocycles. The van der Waals surface area contributed by atoms with E-state index in [9.17, 15) is 0 Å². The molecule has 0 aromatic carbocycles. The van der Waals surface area contributed by atoms with Crippen molar-refractivity contribution in [2.24, 2.45) is 11.7 Å². The highest BCUT2D eigenvalue weighted by Gasteiger charge is 1.97. The molecular formula is C7H18N2. The van der Waals surface area contributed by atoms with Crippen molar-refractivity contribution in [1.29, 1.82) is 5.41 Å². The molecular weight excluding hydrogens is 112 g/mol. The molecule has 2 nitrogen and oxygen atoms in total. The van der Waals surface area contributed by atoms with E-state index in [0.717, 1.165) is 6.42 Å². The molecule has 0 heterocycles. The summed E-state index contributed by atoms with van der Waals surface area (Å²) in [5.74, 6) is 0.558. The zero-order valence-electron chi connectivity index (χ0n) is 6.86. The van der Waals surface area contributed by atoms with E-state index in [-0.39, 0.29) is 5.92 Å². The molecule has 0 aliphatic heterocycles. The summed E-state index contributed by atoms with van der Waals surface area (Å²) in [4.78, 5) is 0. The highest BCUT2D eigenvalue weighted by atomic mass is 14.7. The normalized spacial score (nSPS) is 11.1. The molecule has 0 aromatic heterocycles. The quantitative estimate of drug-likeness (QED) is 0.436. The standard InChI is InChI=1S/C5H12N2.C2H6/c1-3-4(2)5(6)7;1-2/h4H,3H2,1-2H3,(H3,6,7);1-2H3. The number of hydrogen-bond acceptors (Lipinski definition) is 1. The summed E-state index contributed by atoms with van der Waals surface area (Å²) in [7, 11) is 0. The predicted molar refractivity (Wildman–Crippen MR) is 42.7 cm³/mol. The van der Waals surface area contributed by atoms with Crippen molar-refractivity contribution in [3.8, 4) is 0 Å². The molecule has 1 atom stereocenters. The lowest BCUT2D eigenvalue weighted by molar-refractivity contribution is 0.728. The first-order valence-corrected chi connectivity index (χ1v) is 3.52. The summed E-state index contributed by atoms with van der Waals surface area (Å²) in [5, 5.41) is 6.88. The molecule has 0 aliphatic rings. The van der Waals surface area contributed by atoms with Crippen LogP contribution in [0.3, 0.4) is 0 Å². The number of nitrogens with one attached hydrogen (secondary N) is 1. The second-order valence-corrected chi connectivity index (χ2v) is 1.76. The van der Waals surface area contributed by atoms with E-state index in [1.165, 1.54) is 0 Å². The van der Waals surface area contributed by atoms with Crippen LogP contribution in [-0.2, 0) is 0 Å². The fourth-order valence-corrected chi connectivity index (χ4v) is 0.220. The fourth-order valence-electron chi connectivity index (χ4n) is 0.220. The van der Waals surface area contributed by atoms with Crippen molar-refractivity contribution in [3.05, 3.63) is 0 Å². The topological polar surface area (TPSA) is 49.9 Å². The number of nitrogens with two attached hydrogens (primary N) is 1. The average molecular weight is 130 g/mol. The van der Waals surface area contributed by atoms with Gasteiger partial charge >= 0.3 is 0 Å². The van der Waals surface area contributed by atoms with Gasteiger partial charge in [-0.3, -0.25) is 5.41 Å². The van der Waals surface area contributed by atoms with Crippen LogP contribution < -0.4 is 5.73 Å². The predicted octanol–water partition coefficient (Wildman–Crippen LogP) is 1.99. The fraction of sp³-hybridized carbons (Fsp3) is 0.857. The van der Waals surface area contributed by atoms with Gasteiger partial charge in [0.05, 0.1) is 5.84 Å². The van der Waals surface area contributed by atoms with E-state index in [1.807, 2.05) is 27.7 Å². The highest BCUT2D eigenvalue weighted by Crippen LogP contribution is 1.96. The van der Waals surface area contributed by atoms with Gasteiger partial charge in [0.2, 0.25) is 0 Å². The minimum Gasteiger partial charge on any atom is -0.387 e. The Kier molecular flexibility index (Phi) is 9.37. The lowest BCUT2D eigenvalue weighted by Gasteiger charge is -2.01.